The summed E-state index contributed by atoms with van der Waals surface area (Å²) in [5.41, 5.74) is 0. The maximum atomic E-state index is 5.10. The van der Waals surface area contributed by atoms with Gasteiger partial charge >= 0.3 is 58.6 Å². The van der Waals surface area contributed by atoms with Crippen LogP contribution >= 0.6 is 0 Å². The Morgan fingerprint density at radius 3 is 2.12 bits per heavy atom. The number of hydrogen-bond donors (Lipinski definition) is 0. The van der Waals surface area contributed by atoms with Crippen LogP contribution in [-0.4, -0.2) is 19.0 Å². The van der Waals surface area contributed by atoms with Gasteiger partial charge in [-0.25, -0.2) is 0 Å². The van der Waals surface area contributed by atoms with Gasteiger partial charge in [0.25, 0.3) is 0 Å². The van der Waals surface area contributed by atoms with Crippen LogP contribution < -0.4 is 3.53 Å². The van der Waals surface area contributed by atoms with Gasteiger partial charge in [0.15, 0.2) is 0 Å². The molecule has 0 amide bonds. The number of rotatable bonds is 1. The van der Waals surface area contributed by atoms with E-state index in [0.29, 0.717) is 19.0 Å². The third kappa shape index (κ3) is 1.32. The van der Waals surface area contributed by atoms with E-state index in [9.17, 15) is 0 Å². The fourth-order valence-electron chi connectivity index (χ4n) is 0.557. The fourth-order valence-corrected chi connectivity index (χ4v) is 1.13. The standard InChI is InChI=1S/C6H6O.Ga.2H/c7-6-4-2-1-3-5-6;;;/h1-5,7H;;;/q;+1;;/p-1. The van der Waals surface area contributed by atoms with Gasteiger partial charge < -0.3 is 0 Å². The van der Waals surface area contributed by atoms with Crippen molar-refractivity contribution in [3.8, 4) is 5.75 Å². The molecule has 1 rings (SSSR count). The zero-order valence-corrected chi connectivity index (χ0v) is 8.99. The van der Waals surface area contributed by atoms with Crippen LogP contribution in [-0.2, 0) is 0 Å². The minimum absolute atomic E-state index is 0.467. The van der Waals surface area contributed by atoms with E-state index < -0.39 is 0 Å². The Bertz CT molecular complexity index is 150. The Balaban J connectivity index is 2.83. The summed E-state index contributed by atoms with van der Waals surface area (Å²) < 4.78 is 5.10. The molecule has 1 nitrogen and oxygen atoms in total. The number of benzene rings is 1. The Morgan fingerprint density at radius 1 is 1.12 bits per heavy atom. The van der Waals surface area contributed by atoms with Crippen molar-refractivity contribution in [3.63, 3.8) is 0 Å². The molecule has 0 saturated carbocycles. The van der Waals surface area contributed by atoms with Crippen LogP contribution in [0.3, 0.4) is 0 Å². The average Bonchev–Trinajstić information content (AvgIpc) is 1.90. The van der Waals surface area contributed by atoms with Crippen molar-refractivity contribution in [1.82, 2.24) is 0 Å². The van der Waals surface area contributed by atoms with Gasteiger partial charge in [-0.15, -0.1) is 0 Å². The monoisotopic (exact) mass is 164 g/mol. The molecule has 0 N–H and O–H groups in total. The molecule has 1 aromatic carbocycles. The molecule has 2 heteroatoms. The molecule has 0 atom stereocenters. The molecule has 0 radical (unpaired) electrons. The molecule has 0 fully saturated rings. The van der Waals surface area contributed by atoms with Crippen molar-refractivity contribution < 1.29 is 3.53 Å². The van der Waals surface area contributed by atoms with Gasteiger partial charge in [-0.3, -0.25) is 0 Å². The molecular formula is C6H7GaO. The summed E-state index contributed by atoms with van der Waals surface area (Å²) in [6, 6.07) is 9.86. The first-order chi connectivity index (χ1) is 3.93. The van der Waals surface area contributed by atoms with Crippen LogP contribution in [0.1, 0.15) is 0 Å². The quantitative estimate of drug-likeness (QED) is 0.554. The van der Waals surface area contributed by atoms with Gasteiger partial charge in [0.05, 0.1) is 0 Å². The third-order valence-corrected chi connectivity index (χ3v) is 1.97. The molecule has 0 spiro atoms. The molecule has 0 unspecified atom stereocenters. The average molecular weight is 165 g/mol. The van der Waals surface area contributed by atoms with E-state index in [1.807, 2.05) is 30.3 Å². The second-order valence-electron chi connectivity index (χ2n) is 1.52. The van der Waals surface area contributed by atoms with Crippen molar-refractivity contribution in [2.45, 2.75) is 0 Å². The van der Waals surface area contributed by atoms with Gasteiger partial charge in [0.1, 0.15) is 0 Å². The molecule has 0 aromatic heterocycles. The van der Waals surface area contributed by atoms with Crippen LogP contribution in [0.15, 0.2) is 30.3 Å². The molecule has 0 aliphatic heterocycles. The molecule has 0 bridgehead atoms. The van der Waals surface area contributed by atoms with Crippen LogP contribution in [0, 0.1) is 0 Å². The van der Waals surface area contributed by atoms with Crippen LogP contribution in [0.2, 0.25) is 0 Å². The van der Waals surface area contributed by atoms with E-state index in [1.54, 1.807) is 0 Å². The number of hydrogen-bond acceptors (Lipinski definition) is 1. The van der Waals surface area contributed by atoms with Gasteiger partial charge in [0.2, 0.25) is 0 Å². The maximum absolute atomic E-state index is 5.10. The zero-order valence-electron chi connectivity index (χ0n) is 4.79. The summed E-state index contributed by atoms with van der Waals surface area (Å²) in [6.45, 7) is 0. The second-order valence-corrected chi connectivity index (χ2v) is 2.37. The number of para-hydroxylation sites is 1. The Labute approximate surface area is 59.0 Å². The van der Waals surface area contributed by atoms with E-state index in [-0.39, 0.29) is 0 Å². The summed E-state index contributed by atoms with van der Waals surface area (Å²) in [7, 11) is 0. The van der Waals surface area contributed by atoms with Crippen LogP contribution in [0.4, 0.5) is 0 Å². The van der Waals surface area contributed by atoms with Crippen molar-refractivity contribution in [2.75, 3.05) is 0 Å². The fraction of sp³-hybridized carbons (Fsp3) is 0. The SMILES string of the molecule is [GaH2][O]c1ccccc1. The van der Waals surface area contributed by atoms with Crippen LogP contribution in [0.5, 0.6) is 5.75 Å². The van der Waals surface area contributed by atoms with Crippen molar-refractivity contribution in [3.05, 3.63) is 30.3 Å². The molecule has 40 valence electrons. The minimum atomic E-state index is 0.467. The predicted molar refractivity (Wildman–Crippen MR) is 35.6 cm³/mol. The van der Waals surface area contributed by atoms with E-state index in [2.05, 4.69) is 0 Å². The van der Waals surface area contributed by atoms with Crippen molar-refractivity contribution >= 4 is 19.0 Å². The molecule has 1 aromatic rings. The molecular weight excluding hydrogens is 158 g/mol. The third-order valence-electron chi connectivity index (χ3n) is 0.979. The van der Waals surface area contributed by atoms with E-state index in [4.69, 9.17) is 3.53 Å². The molecule has 0 aliphatic carbocycles. The molecule has 0 aliphatic rings. The normalized spacial score (nSPS) is 8.50. The first-order valence-electron chi connectivity index (χ1n) is 2.52. The first kappa shape index (κ1) is 5.79. The van der Waals surface area contributed by atoms with E-state index >= 15 is 0 Å². The summed E-state index contributed by atoms with van der Waals surface area (Å²) in [5.74, 6) is 0.993. The molecule has 0 saturated heterocycles. The zero-order chi connectivity index (χ0) is 5.82. The molecule has 0 heterocycles. The summed E-state index contributed by atoms with van der Waals surface area (Å²) in [5, 5.41) is 0. The van der Waals surface area contributed by atoms with E-state index in [0.717, 1.165) is 5.75 Å². The van der Waals surface area contributed by atoms with Crippen LogP contribution in [0.25, 0.3) is 0 Å². The van der Waals surface area contributed by atoms with Gasteiger partial charge in [-0.2, -0.15) is 0 Å². The van der Waals surface area contributed by atoms with Gasteiger partial charge in [0, 0.05) is 0 Å². The van der Waals surface area contributed by atoms with Crippen molar-refractivity contribution in [1.29, 1.82) is 0 Å². The first-order valence-corrected chi connectivity index (χ1v) is 4.24. The van der Waals surface area contributed by atoms with Crippen molar-refractivity contribution in [2.24, 2.45) is 0 Å². The van der Waals surface area contributed by atoms with E-state index in [1.165, 1.54) is 0 Å². The summed E-state index contributed by atoms with van der Waals surface area (Å²) in [6.07, 6.45) is 0. The van der Waals surface area contributed by atoms with Gasteiger partial charge in [-0.05, 0) is 0 Å². The summed E-state index contributed by atoms with van der Waals surface area (Å²) >= 11 is 0.467. The second kappa shape index (κ2) is 2.84. The predicted octanol–water partition coefficient (Wildman–Crippen LogP) is 0.613. The topological polar surface area (TPSA) is 9.23 Å². The van der Waals surface area contributed by atoms with Gasteiger partial charge in [-0.1, -0.05) is 0 Å². The summed E-state index contributed by atoms with van der Waals surface area (Å²) in [4.78, 5) is 0. The Kier molecular flexibility index (Phi) is 2.06. The Hall–Kier alpha value is -0.344. The molecule has 8 heavy (non-hydrogen) atoms. The Morgan fingerprint density at radius 2 is 1.75 bits per heavy atom.